The van der Waals surface area contributed by atoms with Gasteiger partial charge in [0, 0.05) is 15.8 Å². The Morgan fingerprint density at radius 2 is 1.58 bits per heavy atom. The fourth-order valence-electron chi connectivity index (χ4n) is 2.65. The fraction of sp³-hybridized carbons (Fsp3) is 0. The molecule has 2 nitrogen and oxygen atoms in total. The summed E-state index contributed by atoms with van der Waals surface area (Å²) in [5.74, 6) is 0. The largest absolute Gasteiger partial charge is 0.235 e. The van der Waals surface area contributed by atoms with E-state index in [0.29, 0.717) is 5.57 Å². The molecule has 0 spiro atoms. The highest BCUT2D eigenvalue weighted by atomic mass is 32.1. The van der Waals surface area contributed by atoms with Crippen LogP contribution in [0, 0.1) is 11.3 Å². The van der Waals surface area contributed by atoms with Crippen LogP contribution in [0.1, 0.15) is 9.88 Å². The molecule has 2 heterocycles. The van der Waals surface area contributed by atoms with Crippen molar-refractivity contribution in [1.29, 1.82) is 5.26 Å². The standard InChI is InChI=1S/C22H14N2S2/c23-14-19(13-20-7-4-12-25-20)22-24-21(15-26-22)18-10-8-17(9-11-18)16-5-2-1-3-6-16/h1-13,15H/b19-13-. The predicted octanol–water partition coefficient (Wildman–Crippen LogP) is 6.60. The summed E-state index contributed by atoms with van der Waals surface area (Å²) in [5.41, 5.74) is 4.94. The van der Waals surface area contributed by atoms with Gasteiger partial charge in [0.15, 0.2) is 0 Å². The molecule has 0 saturated heterocycles. The molecule has 0 unspecified atom stereocenters. The molecule has 0 radical (unpaired) electrons. The van der Waals surface area contributed by atoms with Crippen molar-refractivity contribution >= 4 is 34.3 Å². The average molecular weight is 371 g/mol. The monoisotopic (exact) mass is 370 g/mol. The number of hydrogen-bond acceptors (Lipinski definition) is 4. The van der Waals surface area contributed by atoms with Crippen LogP contribution in [-0.2, 0) is 0 Å². The lowest BCUT2D eigenvalue weighted by Gasteiger charge is -2.02. The van der Waals surface area contributed by atoms with Gasteiger partial charge < -0.3 is 0 Å². The number of nitrogens with zero attached hydrogens (tertiary/aromatic N) is 2. The molecule has 2 aromatic heterocycles. The Hall–Kier alpha value is -3.00. The van der Waals surface area contributed by atoms with Gasteiger partial charge in [-0.25, -0.2) is 4.98 Å². The quantitative estimate of drug-likeness (QED) is 0.379. The molecule has 2 aromatic carbocycles. The summed E-state index contributed by atoms with van der Waals surface area (Å²) in [7, 11) is 0. The molecule has 26 heavy (non-hydrogen) atoms. The summed E-state index contributed by atoms with van der Waals surface area (Å²) in [6.45, 7) is 0. The Kier molecular flexibility index (Phi) is 4.74. The molecule has 0 saturated carbocycles. The summed E-state index contributed by atoms with van der Waals surface area (Å²) in [6.07, 6.45) is 1.89. The highest BCUT2D eigenvalue weighted by Crippen LogP contribution is 2.29. The van der Waals surface area contributed by atoms with Gasteiger partial charge in [-0.15, -0.1) is 22.7 Å². The van der Waals surface area contributed by atoms with Crippen molar-refractivity contribution in [1.82, 2.24) is 4.98 Å². The zero-order valence-electron chi connectivity index (χ0n) is 13.8. The van der Waals surface area contributed by atoms with Gasteiger partial charge in [-0.2, -0.15) is 5.26 Å². The van der Waals surface area contributed by atoms with Crippen LogP contribution in [0.15, 0.2) is 77.5 Å². The first-order valence-corrected chi connectivity index (χ1v) is 9.86. The van der Waals surface area contributed by atoms with E-state index < -0.39 is 0 Å². The van der Waals surface area contributed by atoms with Crippen LogP contribution in [0.3, 0.4) is 0 Å². The second-order valence-electron chi connectivity index (χ2n) is 5.67. The van der Waals surface area contributed by atoms with Crippen LogP contribution >= 0.6 is 22.7 Å². The fourth-order valence-corrected chi connectivity index (χ4v) is 4.10. The van der Waals surface area contributed by atoms with Gasteiger partial charge in [0.2, 0.25) is 0 Å². The van der Waals surface area contributed by atoms with Gasteiger partial charge >= 0.3 is 0 Å². The van der Waals surface area contributed by atoms with Gasteiger partial charge in [0.05, 0.1) is 11.3 Å². The lowest BCUT2D eigenvalue weighted by Crippen LogP contribution is -1.83. The normalized spacial score (nSPS) is 11.3. The Labute approximate surface area is 160 Å². The SMILES string of the molecule is N#C/C(=C/c1cccs1)c1nc(-c2ccc(-c3ccccc3)cc2)cs1. The summed E-state index contributed by atoms with van der Waals surface area (Å²) in [5, 5.41) is 14.2. The Morgan fingerprint density at radius 3 is 2.27 bits per heavy atom. The minimum atomic E-state index is 0.601. The van der Waals surface area contributed by atoms with E-state index in [1.807, 2.05) is 47.2 Å². The number of allylic oxidation sites excluding steroid dienone is 1. The molecule has 0 aliphatic rings. The molecule has 0 bridgehead atoms. The molecule has 0 aliphatic heterocycles. The van der Waals surface area contributed by atoms with E-state index in [9.17, 15) is 5.26 Å². The van der Waals surface area contributed by atoms with Crippen molar-refractivity contribution < 1.29 is 0 Å². The Morgan fingerprint density at radius 1 is 0.846 bits per heavy atom. The highest BCUT2D eigenvalue weighted by Gasteiger charge is 2.09. The van der Waals surface area contributed by atoms with E-state index in [2.05, 4.69) is 47.5 Å². The van der Waals surface area contributed by atoms with Crippen LogP contribution in [0.4, 0.5) is 0 Å². The minimum Gasteiger partial charge on any atom is -0.235 e. The lowest BCUT2D eigenvalue weighted by molar-refractivity contribution is 1.37. The van der Waals surface area contributed by atoms with Crippen molar-refractivity contribution in [3.05, 3.63) is 87.4 Å². The summed E-state index contributed by atoms with van der Waals surface area (Å²) >= 11 is 3.12. The van der Waals surface area contributed by atoms with Crippen LogP contribution in [0.25, 0.3) is 34.0 Å². The first-order valence-electron chi connectivity index (χ1n) is 8.10. The molecule has 124 valence electrons. The van der Waals surface area contributed by atoms with E-state index in [4.69, 9.17) is 0 Å². The van der Waals surface area contributed by atoms with Crippen molar-refractivity contribution in [2.24, 2.45) is 0 Å². The maximum Gasteiger partial charge on any atom is 0.134 e. The second kappa shape index (κ2) is 7.49. The van der Waals surface area contributed by atoms with Gasteiger partial charge in [0.1, 0.15) is 11.1 Å². The van der Waals surface area contributed by atoms with Gasteiger partial charge in [-0.05, 0) is 28.6 Å². The van der Waals surface area contributed by atoms with Crippen LogP contribution in [0.5, 0.6) is 0 Å². The predicted molar refractivity (Wildman–Crippen MR) is 111 cm³/mol. The van der Waals surface area contributed by atoms with E-state index in [1.54, 1.807) is 11.3 Å². The van der Waals surface area contributed by atoms with Crippen LogP contribution in [-0.4, -0.2) is 4.98 Å². The third-order valence-corrected chi connectivity index (χ3v) is 5.67. The van der Waals surface area contributed by atoms with E-state index >= 15 is 0 Å². The number of rotatable bonds is 4. The Balaban J connectivity index is 1.61. The van der Waals surface area contributed by atoms with Gasteiger partial charge in [-0.1, -0.05) is 60.7 Å². The van der Waals surface area contributed by atoms with Crippen molar-refractivity contribution in [2.45, 2.75) is 0 Å². The van der Waals surface area contributed by atoms with Crippen molar-refractivity contribution in [2.75, 3.05) is 0 Å². The molecule has 0 aliphatic carbocycles. The lowest BCUT2D eigenvalue weighted by atomic mass is 10.0. The average Bonchev–Trinajstić information content (AvgIpc) is 3.39. The number of aromatic nitrogens is 1. The third-order valence-electron chi connectivity index (χ3n) is 3.97. The van der Waals surface area contributed by atoms with Gasteiger partial charge in [0.25, 0.3) is 0 Å². The first kappa shape index (κ1) is 16.5. The molecule has 0 atom stereocenters. The number of nitriles is 1. The van der Waals surface area contributed by atoms with Crippen molar-refractivity contribution in [3.8, 4) is 28.5 Å². The maximum atomic E-state index is 9.47. The number of thiophene rings is 1. The van der Waals surface area contributed by atoms with E-state index in [0.717, 1.165) is 21.1 Å². The number of hydrogen-bond donors (Lipinski definition) is 0. The molecule has 4 aromatic rings. The Bertz CT molecular complexity index is 1070. The zero-order valence-corrected chi connectivity index (χ0v) is 15.4. The van der Waals surface area contributed by atoms with E-state index in [1.165, 1.54) is 22.5 Å². The topological polar surface area (TPSA) is 36.7 Å². The van der Waals surface area contributed by atoms with Gasteiger partial charge in [-0.3, -0.25) is 0 Å². The first-order chi connectivity index (χ1) is 12.8. The molecule has 0 fully saturated rings. The molecule has 0 amide bonds. The second-order valence-corrected chi connectivity index (χ2v) is 7.50. The summed E-state index contributed by atoms with van der Waals surface area (Å²) in [4.78, 5) is 5.73. The highest BCUT2D eigenvalue weighted by molar-refractivity contribution is 7.12. The molecule has 0 N–H and O–H groups in total. The molecule has 4 heteroatoms. The molecular formula is C22H14N2S2. The molecule has 4 rings (SSSR count). The van der Waals surface area contributed by atoms with E-state index in [-0.39, 0.29) is 0 Å². The minimum absolute atomic E-state index is 0.601. The summed E-state index contributed by atoms with van der Waals surface area (Å²) in [6, 6.07) is 24.9. The maximum absolute atomic E-state index is 9.47. The van der Waals surface area contributed by atoms with Crippen LogP contribution < -0.4 is 0 Å². The zero-order chi connectivity index (χ0) is 17.8. The number of thiazole rings is 1. The summed E-state index contributed by atoms with van der Waals surface area (Å²) < 4.78 is 0. The number of benzene rings is 2. The van der Waals surface area contributed by atoms with Crippen molar-refractivity contribution in [3.63, 3.8) is 0 Å². The third kappa shape index (κ3) is 3.50. The molecular weight excluding hydrogens is 356 g/mol. The van der Waals surface area contributed by atoms with Crippen LogP contribution in [0.2, 0.25) is 0 Å². The smallest absolute Gasteiger partial charge is 0.134 e.